The second-order valence-electron chi connectivity index (χ2n) is 15.4. The molecule has 3 fully saturated rings. The highest BCUT2D eigenvalue weighted by molar-refractivity contribution is 7.10. The van der Waals surface area contributed by atoms with Gasteiger partial charge in [-0.1, -0.05) is 44.9 Å². The summed E-state index contributed by atoms with van der Waals surface area (Å²) in [7, 11) is 0. The van der Waals surface area contributed by atoms with Crippen LogP contribution in [0.5, 0.6) is 11.5 Å². The average Bonchev–Trinajstić information content (AvgIpc) is 3.66. The highest BCUT2D eigenvalue weighted by Gasteiger charge is 2.45. The number of hydrogen-bond acceptors (Lipinski definition) is 8. The van der Waals surface area contributed by atoms with Crippen LogP contribution in [0, 0.1) is 22.7 Å². The number of carbonyl (C=O) groups excluding carboxylic acids is 2. The Morgan fingerprint density at radius 3 is 2.27 bits per heavy atom. The number of nitriles is 1. The number of piperidine rings is 2. The first kappa shape index (κ1) is 46.8. The lowest BCUT2D eigenvalue weighted by Crippen LogP contribution is -2.55. The van der Waals surface area contributed by atoms with Crippen LogP contribution in [0.3, 0.4) is 0 Å². The molecule has 2 aromatic heterocycles. The number of aromatic nitrogens is 1. The van der Waals surface area contributed by atoms with Gasteiger partial charge in [0.15, 0.2) is 0 Å². The van der Waals surface area contributed by atoms with E-state index in [9.17, 15) is 41.2 Å². The molecular weight excluding hydrogens is 803 g/mol. The summed E-state index contributed by atoms with van der Waals surface area (Å²) in [5.41, 5.74) is -1.01. The second-order valence-corrected chi connectivity index (χ2v) is 16.3. The number of likely N-dealkylation sites (tertiary alicyclic amines) is 2. The standard InChI is InChI=1S/C36H45F3N4O3.C5H3F3OS.CH2O2/c1-3-9-30-26(10-6-20-43(30)33(45)27-24-41-19-13-28(27)36(37,38)39)32(44)42-21-17-35(25-40,18-22-42)29-11-4-5-12-31(29)46-23-8-16-34(2)14-7-15-34;6-5(7,8)4-1-3(9)2-10-4;2-1-3/h4-5,11-13,19,24,26,30H,3,6-10,14-18,20-23H2,1-2H3;1-2,9H;1H,(H,2,3). The number of rotatable bonds is 10. The highest BCUT2D eigenvalue weighted by Crippen LogP contribution is 2.45. The van der Waals surface area contributed by atoms with Crippen LogP contribution < -0.4 is 4.74 Å². The van der Waals surface area contributed by atoms with Gasteiger partial charge in [-0.3, -0.25) is 19.4 Å². The van der Waals surface area contributed by atoms with Crippen LogP contribution >= 0.6 is 11.3 Å². The third kappa shape index (κ3) is 11.9. The van der Waals surface area contributed by atoms with E-state index < -0.39 is 51.6 Å². The molecule has 1 aromatic carbocycles. The molecule has 322 valence electrons. The molecule has 3 aromatic rings. The molecule has 3 aliphatic rings. The summed E-state index contributed by atoms with van der Waals surface area (Å²) in [5, 5.41) is 26.9. The van der Waals surface area contributed by atoms with E-state index in [1.165, 1.54) is 24.2 Å². The Labute approximate surface area is 343 Å². The van der Waals surface area contributed by atoms with Crippen molar-refractivity contribution in [1.29, 1.82) is 5.26 Å². The van der Waals surface area contributed by atoms with Gasteiger partial charge in [0, 0.05) is 55.1 Å². The highest BCUT2D eigenvalue weighted by atomic mass is 32.1. The maximum atomic E-state index is 14.0. The number of nitrogens with zero attached hydrogens (tertiary/aromatic N) is 4. The molecule has 2 aliphatic heterocycles. The summed E-state index contributed by atoms with van der Waals surface area (Å²) in [6, 6.07) is 11.3. The Balaban J connectivity index is 0.000000507. The lowest BCUT2D eigenvalue weighted by Gasteiger charge is -2.44. The number of alkyl halides is 6. The third-order valence-electron chi connectivity index (χ3n) is 11.5. The minimum atomic E-state index is -4.70. The van der Waals surface area contributed by atoms with Gasteiger partial charge in [0.25, 0.3) is 12.4 Å². The molecule has 2 N–H and O–H groups in total. The molecule has 6 rings (SSSR count). The van der Waals surface area contributed by atoms with Crippen LogP contribution in [0.2, 0.25) is 0 Å². The van der Waals surface area contributed by atoms with Crippen molar-refractivity contribution in [1.82, 2.24) is 14.8 Å². The van der Waals surface area contributed by atoms with Crippen LogP contribution in [0.4, 0.5) is 26.3 Å². The molecule has 0 spiro atoms. The van der Waals surface area contributed by atoms with Crippen LogP contribution in [0.25, 0.3) is 0 Å². The van der Waals surface area contributed by atoms with E-state index in [0.717, 1.165) is 48.0 Å². The largest absolute Gasteiger partial charge is 0.507 e. The lowest BCUT2D eigenvalue weighted by molar-refractivity contribution is -0.141. The first-order valence-corrected chi connectivity index (χ1v) is 20.5. The fourth-order valence-corrected chi connectivity index (χ4v) is 8.81. The molecule has 10 nitrogen and oxygen atoms in total. The maximum Gasteiger partial charge on any atom is 0.425 e. The van der Waals surface area contributed by atoms with Gasteiger partial charge in [-0.2, -0.15) is 31.6 Å². The number of aromatic hydroxyl groups is 1. The average molecular weight is 853 g/mol. The number of thiophene rings is 1. The van der Waals surface area contributed by atoms with E-state index >= 15 is 0 Å². The molecule has 59 heavy (non-hydrogen) atoms. The Bertz CT molecular complexity index is 1900. The summed E-state index contributed by atoms with van der Waals surface area (Å²) in [6.45, 7) is 5.67. The zero-order valence-electron chi connectivity index (χ0n) is 33.0. The van der Waals surface area contributed by atoms with E-state index in [2.05, 4.69) is 18.0 Å². The molecule has 2 unspecified atom stereocenters. The molecule has 0 bridgehead atoms. The number of para-hydroxylation sites is 1. The van der Waals surface area contributed by atoms with Gasteiger partial charge in [0.05, 0.1) is 35.1 Å². The quantitative estimate of drug-likeness (QED) is 0.117. The van der Waals surface area contributed by atoms with Gasteiger partial charge in [-0.25, -0.2) is 0 Å². The lowest BCUT2D eigenvalue weighted by atomic mass is 9.68. The van der Waals surface area contributed by atoms with Crippen LogP contribution in [-0.4, -0.2) is 75.6 Å². The summed E-state index contributed by atoms with van der Waals surface area (Å²) in [4.78, 5) is 42.3. The van der Waals surface area contributed by atoms with E-state index in [1.54, 1.807) is 4.90 Å². The number of carbonyl (C=O) groups is 3. The van der Waals surface area contributed by atoms with Crippen molar-refractivity contribution in [3.63, 3.8) is 0 Å². The summed E-state index contributed by atoms with van der Waals surface area (Å²) < 4.78 is 82.6. The third-order valence-corrected chi connectivity index (χ3v) is 12.4. The normalized spacial score (nSPS) is 19.7. The molecule has 2 amide bonds. The predicted octanol–water partition coefficient (Wildman–Crippen LogP) is 9.73. The van der Waals surface area contributed by atoms with Crippen molar-refractivity contribution in [2.75, 3.05) is 26.2 Å². The predicted molar refractivity (Wildman–Crippen MR) is 208 cm³/mol. The van der Waals surface area contributed by atoms with Gasteiger partial charge in [0.2, 0.25) is 5.91 Å². The molecule has 17 heteroatoms. The molecular formula is C42H50F6N4O6S. The molecule has 1 saturated carbocycles. The summed E-state index contributed by atoms with van der Waals surface area (Å²) in [5.74, 6) is -0.972. The summed E-state index contributed by atoms with van der Waals surface area (Å²) >= 11 is 0.481. The smallest absolute Gasteiger partial charge is 0.425 e. The van der Waals surface area contributed by atoms with Gasteiger partial charge < -0.3 is 24.7 Å². The Morgan fingerprint density at radius 1 is 1.05 bits per heavy atom. The summed E-state index contributed by atoms with van der Waals surface area (Å²) in [6.07, 6.45) is 2.07. The maximum absolute atomic E-state index is 14.0. The topological polar surface area (TPSA) is 144 Å². The number of benzene rings is 1. The number of carboxylic acid groups (broad SMARTS) is 1. The number of pyridine rings is 1. The zero-order valence-corrected chi connectivity index (χ0v) is 33.8. The van der Waals surface area contributed by atoms with Crippen molar-refractivity contribution >= 4 is 29.6 Å². The van der Waals surface area contributed by atoms with Crippen molar-refractivity contribution < 1.29 is 55.7 Å². The SMILES string of the molecule is CCCC1C(C(=O)N2CCC(C#N)(c3ccccc3OCCCC3(C)CCC3)CC2)CCCN1C(=O)c1cnccc1C(F)(F)F.O=CO.Oc1csc(C(F)(F)F)c1. The fourth-order valence-electron chi connectivity index (χ4n) is 8.18. The molecule has 0 radical (unpaired) electrons. The first-order chi connectivity index (χ1) is 27.9. The Morgan fingerprint density at radius 2 is 1.73 bits per heavy atom. The Kier molecular flexibility index (Phi) is 16.2. The van der Waals surface area contributed by atoms with E-state index in [1.807, 2.05) is 31.2 Å². The van der Waals surface area contributed by atoms with E-state index in [4.69, 9.17) is 19.7 Å². The molecule has 1 aliphatic carbocycles. The zero-order chi connectivity index (χ0) is 43.4. The van der Waals surface area contributed by atoms with Crippen molar-refractivity contribution in [3.05, 3.63) is 75.7 Å². The number of halogens is 6. The number of hydrogen-bond donors (Lipinski definition) is 2. The van der Waals surface area contributed by atoms with Crippen molar-refractivity contribution in [3.8, 4) is 17.6 Å². The molecule has 2 atom stereocenters. The second kappa shape index (κ2) is 20.4. The Hall–Kier alpha value is -4.85. The van der Waals surface area contributed by atoms with Crippen molar-refractivity contribution in [2.24, 2.45) is 11.3 Å². The minimum absolute atomic E-state index is 0.0984. The first-order valence-electron chi connectivity index (χ1n) is 19.6. The number of amides is 2. The van der Waals surface area contributed by atoms with Crippen LogP contribution in [-0.2, 0) is 27.4 Å². The van der Waals surface area contributed by atoms with E-state index in [0.29, 0.717) is 81.0 Å². The number of ether oxygens (including phenoxy) is 1. The molecule has 4 heterocycles. The minimum Gasteiger partial charge on any atom is -0.507 e. The van der Waals surface area contributed by atoms with Crippen molar-refractivity contribution in [2.45, 2.75) is 108 Å². The van der Waals surface area contributed by atoms with Gasteiger partial charge in [0.1, 0.15) is 16.4 Å². The van der Waals surface area contributed by atoms with Gasteiger partial charge in [-0.05, 0) is 75.3 Å². The fraction of sp³-hybridized carbons (Fsp3) is 0.548. The monoisotopic (exact) mass is 852 g/mol. The van der Waals surface area contributed by atoms with Crippen LogP contribution in [0.1, 0.15) is 111 Å². The molecule has 2 saturated heterocycles. The van der Waals surface area contributed by atoms with Gasteiger partial charge in [-0.15, -0.1) is 11.3 Å². The van der Waals surface area contributed by atoms with Crippen LogP contribution in [0.15, 0.2) is 54.2 Å². The van der Waals surface area contributed by atoms with E-state index in [-0.39, 0.29) is 24.7 Å². The van der Waals surface area contributed by atoms with Gasteiger partial charge >= 0.3 is 12.4 Å².